The number of methoxy groups -OCH3 is 1. The standard InChI is InChI=1S/C18H16N2O2/c1-11-7-9-14-17(15-10-8-12(2)22-15)13-5-4-6-16(21-3)18(13)19-20(11)14/h4-10H,1-3H3. The molecule has 0 amide bonds. The minimum atomic E-state index is 0.761. The van der Waals surface area contributed by atoms with Crippen molar-refractivity contribution in [3.8, 4) is 17.1 Å². The van der Waals surface area contributed by atoms with Gasteiger partial charge in [-0.05, 0) is 44.2 Å². The number of furan rings is 1. The Hall–Kier alpha value is -2.75. The Morgan fingerprint density at radius 3 is 2.64 bits per heavy atom. The molecule has 0 radical (unpaired) electrons. The summed E-state index contributed by atoms with van der Waals surface area (Å²) in [4.78, 5) is 0. The summed E-state index contributed by atoms with van der Waals surface area (Å²) in [6.07, 6.45) is 0. The first-order chi connectivity index (χ1) is 10.7. The summed E-state index contributed by atoms with van der Waals surface area (Å²) in [5, 5.41) is 5.78. The highest BCUT2D eigenvalue weighted by molar-refractivity contribution is 6.02. The fourth-order valence-corrected chi connectivity index (χ4v) is 2.91. The first kappa shape index (κ1) is 13.0. The van der Waals surface area contributed by atoms with Crippen molar-refractivity contribution in [3.05, 3.63) is 53.9 Å². The van der Waals surface area contributed by atoms with Crippen LogP contribution in [0.15, 0.2) is 46.9 Å². The van der Waals surface area contributed by atoms with Crippen LogP contribution in [0.4, 0.5) is 0 Å². The van der Waals surface area contributed by atoms with Gasteiger partial charge in [0, 0.05) is 11.1 Å². The number of benzene rings is 1. The van der Waals surface area contributed by atoms with E-state index in [0.717, 1.165) is 44.9 Å². The summed E-state index contributed by atoms with van der Waals surface area (Å²) in [5.41, 5.74) is 3.99. The average molecular weight is 292 g/mol. The molecule has 22 heavy (non-hydrogen) atoms. The number of ether oxygens (including phenoxy) is 1. The van der Waals surface area contributed by atoms with E-state index in [4.69, 9.17) is 14.3 Å². The number of fused-ring (bicyclic) bond motifs is 2. The quantitative estimate of drug-likeness (QED) is 0.550. The highest BCUT2D eigenvalue weighted by atomic mass is 16.5. The van der Waals surface area contributed by atoms with Gasteiger partial charge >= 0.3 is 0 Å². The number of hydrogen-bond acceptors (Lipinski definition) is 3. The summed E-state index contributed by atoms with van der Waals surface area (Å²) in [5.74, 6) is 2.50. The molecule has 1 aromatic carbocycles. The molecule has 0 N–H and O–H groups in total. The molecule has 0 atom stereocenters. The van der Waals surface area contributed by atoms with Crippen LogP contribution in [0.1, 0.15) is 11.5 Å². The molecular formula is C18H16N2O2. The van der Waals surface area contributed by atoms with Gasteiger partial charge in [0.1, 0.15) is 22.8 Å². The van der Waals surface area contributed by atoms with E-state index >= 15 is 0 Å². The Balaban J connectivity index is 2.23. The Kier molecular flexibility index (Phi) is 2.73. The van der Waals surface area contributed by atoms with Gasteiger partial charge in [0.25, 0.3) is 0 Å². The van der Waals surface area contributed by atoms with Crippen LogP contribution in [0.2, 0.25) is 0 Å². The van der Waals surface area contributed by atoms with Gasteiger partial charge in [-0.2, -0.15) is 5.10 Å². The Morgan fingerprint density at radius 2 is 1.91 bits per heavy atom. The summed E-state index contributed by atoms with van der Waals surface area (Å²) in [6.45, 7) is 3.99. The van der Waals surface area contributed by atoms with Gasteiger partial charge in [-0.15, -0.1) is 0 Å². The molecule has 3 heterocycles. The largest absolute Gasteiger partial charge is 0.494 e. The van der Waals surface area contributed by atoms with E-state index in [1.54, 1.807) is 7.11 Å². The van der Waals surface area contributed by atoms with Crippen LogP contribution in [0, 0.1) is 13.8 Å². The molecule has 0 spiro atoms. The van der Waals surface area contributed by atoms with E-state index in [1.165, 1.54) is 0 Å². The van der Waals surface area contributed by atoms with Crippen LogP contribution in [0.3, 0.4) is 0 Å². The van der Waals surface area contributed by atoms with Gasteiger partial charge in [-0.25, -0.2) is 4.52 Å². The topological polar surface area (TPSA) is 39.7 Å². The van der Waals surface area contributed by atoms with Crippen molar-refractivity contribution in [1.82, 2.24) is 9.61 Å². The van der Waals surface area contributed by atoms with Crippen molar-refractivity contribution in [1.29, 1.82) is 0 Å². The number of aryl methyl sites for hydroxylation is 2. The molecule has 110 valence electrons. The molecular weight excluding hydrogens is 276 g/mol. The Labute approximate surface area is 127 Å². The Morgan fingerprint density at radius 1 is 1.05 bits per heavy atom. The molecule has 4 heteroatoms. The van der Waals surface area contributed by atoms with Crippen molar-refractivity contribution in [2.24, 2.45) is 0 Å². The minimum absolute atomic E-state index is 0.761. The second kappa shape index (κ2) is 4.63. The predicted molar refractivity (Wildman–Crippen MR) is 86.4 cm³/mol. The van der Waals surface area contributed by atoms with Gasteiger partial charge < -0.3 is 9.15 Å². The van der Waals surface area contributed by atoms with Crippen LogP contribution >= 0.6 is 0 Å². The first-order valence-electron chi connectivity index (χ1n) is 7.21. The number of aromatic nitrogens is 2. The van der Waals surface area contributed by atoms with Crippen molar-refractivity contribution in [3.63, 3.8) is 0 Å². The molecule has 4 nitrogen and oxygen atoms in total. The van der Waals surface area contributed by atoms with Crippen molar-refractivity contribution >= 4 is 16.4 Å². The lowest BCUT2D eigenvalue weighted by Crippen LogP contribution is -1.99. The summed E-state index contributed by atoms with van der Waals surface area (Å²) >= 11 is 0. The highest BCUT2D eigenvalue weighted by Gasteiger charge is 2.17. The second-order valence-corrected chi connectivity index (χ2v) is 5.41. The van der Waals surface area contributed by atoms with E-state index in [2.05, 4.69) is 18.2 Å². The maximum absolute atomic E-state index is 5.89. The first-order valence-corrected chi connectivity index (χ1v) is 7.21. The predicted octanol–water partition coefficient (Wildman–Crippen LogP) is 4.37. The van der Waals surface area contributed by atoms with Crippen molar-refractivity contribution in [2.75, 3.05) is 7.11 Å². The zero-order valence-electron chi connectivity index (χ0n) is 12.8. The molecule has 0 aliphatic carbocycles. The SMILES string of the molecule is COc1cccc2c(-c3ccc(C)o3)c3ccc(C)n3nc12. The van der Waals surface area contributed by atoms with Gasteiger partial charge in [0.2, 0.25) is 0 Å². The smallest absolute Gasteiger partial charge is 0.146 e. The summed E-state index contributed by atoms with van der Waals surface area (Å²) in [7, 11) is 1.67. The van der Waals surface area contributed by atoms with E-state index in [-0.39, 0.29) is 0 Å². The van der Waals surface area contributed by atoms with Crippen LogP contribution in [-0.4, -0.2) is 16.7 Å². The van der Waals surface area contributed by atoms with Crippen molar-refractivity contribution < 1.29 is 9.15 Å². The molecule has 0 aliphatic heterocycles. The number of nitrogens with zero attached hydrogens (tertiary/aromatic N) is 2. The molecule has 0 bridgehead atoms. The van der Waals surface area contributed by atoms with Gasteiger partial charge in [-0.3, -0.25) is 0 Å². The second-order valence-electron chi connectivity index (χ2n) is 5.41. The van der Waals surface area contributed by atoms with Crippen LogP contribution < -0.4 is 4.74 Å². The number of hydrogen-bond donors (Lipinski definition) is 0. The lowest BCUT2D eigenvalue weighted by atomic mass is 10.1. The zero-order valence-corrected chi connectivity index (χ0v) is 12.8. The molecule has 3 aromatic heterocycles. The zero-order chi connectivity index (χ0) is 15.3. The third-order valence-electron chi connectivity index (χ3n) is 3.98. The molecule has 0 fully saturated rings. The summed E-state index contributed by atoms with van der Waals surface area (Å²) < 4.78 is 13.3. The molecule has 0 unspecified atom stereocenters. The van der Waals surface area contributed by atoms with Crippen LogP contribution in [0.25, 0.3) is 27.7 Å². The lowest BCUT2D eigenvalue weighted by Gasteiger charge is -2.11. The fraction of sp³-hybridized carbons (Fsp3) is 0.167. The van der Waals surface area contributed by atoms with Crippen LogP contribution in [-0.2, 0) is 0 Å². The molecule has 0 saturated heterocycles. The maximum Gasteiger partial charge on any atom is 0.146 e. The number of rotatable bonds is 2. The third-order valence-corrected chi connectivity index (χ3v) is 3.98. The highest BCUT2D eigenvalue weighted by Crippen LogP contribution is 2.36. The van der Waals surface area contributed by atoms with Crippen molar-refractivity contribution in [2.45, 2.75) is 13.8 Å². The third kappa shape index (κ3) is 1.73. The van der Waals surface area contributed by atoms with Crippen LogP contribution in [0.5, 0.6) is 5.75 Å². The van der Waals surface area contributed by atoms with Gasteiger partial charge in [-0.1, -0.05) is 12.1 Å². The van der Waals surface area contributed by atoms with E-state index < -0.39 is 0 Å². The normalized spacial score (nSPS) is 11.4. The van der Waals surface area contributed by atoms with E-state index in [0.29, 0.717) is 0 Å². The summed E-state index contributed by atoms with van der Waals surface area (Å²) in [6, 6.07) is 14.1. The molecule has 0 aliphatic rings. The monoisotopic (exact) mass is 292 g/mol. The Bertz CT molecular complexity index is 995. The maximum atomic E-state index is 5.89. The van der Waals surface area contributed by atoms with E-state index in [1.807, 2.05) is 42.6 Å². The van der Waals surface area contributed by atoms with E-state index in [9.17, 15) is 0 Å². The fourth-order valence-electron chi connectivity index (χ4n) is 2.91. The average Bonchev–Trinajstić information content (AvgIpc) is 3.11. The molecule has 0 saturated carbocycles. The molecule has 4 rings (SSSR count). The molecule has 4 aromatic rings. The van der Waals surface area contributed by atoms with Gasteiger partial charge in [0.05, 0.1) is 18.2 Å². The lowest BCUT2D eigenvalue weighted by molar-refractivity contribution is 0.418. The van der Waals surface area contributed by atoms with Gasteiger partial charge in [0.15, 0.2) is 0 Å². The minimum Gasteiger partial charge on any atom is -0.494 e.